The number of carbonyl (C=O) groups is 2. The van der Waals surface area contributed by atoms with Gasteiger partial charge >= 0.3 is 5.97 Å². The van der Waals surface area contributed by atoms with Gasteiger partial charge in [0.05, 0.1) is 41.1 Å². The number of ketones is 1. The lowest BCUT2D eigenvalue weighted by atomic mass is 9.73. The van der Waals surface area contributed by atoms with Crippen molar-refractivity contribution in [2.45, 2.75) is 109 Å². The van der Waals surface area contributed by atoms with Gasteiger partial charge in [0.25, 0.3) is 0 Å². The Hall–Kier alpha value is -2.73. The normalized spacial score (nSPS) is 32.2. The first-order chi connectivity index (χ1) is 20.6. The van der Waals surface area contributed by atoms with Crippen molar-refractivity contribution in [3.8, 4) is 5.69 Å². The average Bonchev–Trinajstić information content (AvgIpc) is 3.41. The van der Waals surface area contributed by atoms with E-state index < -0.39 is 41.4 Å². The third kappa shape index (κ3) is 7.38. The summed E-state index contributed by atoms with van der Waals surface area (Å²) in [6.07, 6.45) is 3.72. The van der Waals surface area contributed by atoms with Gasteiger partial charge in [0.2, 0.25) is 0 Å². The van der Waals surface area contributed by atoms with Crippen LogP contribution in [-0.2, 0) is 14.3 Å². The van der Waals surface area contributed by atoms with Crippen molar-refractivity contribution in [2.24, 2.45) is 17.3 Å². The Balaban J connectivity index is 1.62. The van der Waals surface area contributed by atoms with Gasteiger partial charge in [0, 0.05) is 30.0 Å². The maximum Gasteiger partial charge on any atom is 0.309 e. The minimum Gasteiger partial charge on any atom is -0.458 e. The summed E-state index contributed by atoms with van der Waals surface area (Å²) in [7, 11) is 0. The molecule has 2 saturated heterocycles. The lowest BCUT2D eigenvalue weighted by molar-refractivity contribution is -0.154. The number of aliphatic hydroxyl groups is 2. The third-order valence-corrected chi connectivity index (χ3v) is 10.3. The maximum atomic E-state index is 14.2. The van der Waals surface area contributed by atoms with E-state index in [1.807, 2.05) is 32.2 Å². The molecule has 242 valence electrons. The second-order valence-electron chi connectivity index (χ2n) is 13.4. The standard InChI is InChI=1S/C33H47FN4O5S/c1-18-9-8-12-33(6)26(36-33)16-25(43-29(40)17-27(39)32(4,5)31(42)20(3)30(18)41)19(2)13-21-14-28(44-7)38(37-21)22-10-11-24(35)23(34)15-22/h10-11,13-15,18,20,25-27,30,36,39,41H,8-9,12,16-17,35H2,1-7H3/b19-13+/t18-,20+,25-,26-,27-,30-,33+/m0/s1. The molecule has 11 heteroatoms. The summed E-state index contributed by atoms with van der Waals surface area (Å²) in [6, 6.07) is 6.53. The molecule has 0 saturated carbocycles. The van der Waals surface area contributed by atoms with Crippen LogP contribution in [0.2, 0.25) is 0 Å². The van der Waals surface area contributed by atoms with Crippen LogP contribution in [0.1, 0.15) is 79.3 Å². The summed E-state index contributed by atoms with van der Waals surface area (Å²) in [5, 5.41) is 31.0. The largest absolute Gasteiger partial charge is 0.458 e. The molecule has 44 heavy (non-hydrogen) atoms. The Morgan fingerprint density at radius 3 is 2.59 bits per heavy atom. The van der Waals surface area contributed by atoms with Gasteiger partial charge in [-0.3, -0.25) is 9.59 Å². The summed E-state index contributed by atoms with van der Waals surface area (Å²) in [6.45, 7) is 10.9. The number of halogens is 1. The molecular weight excluding hydrogens is 583 g/mol. The Morgan fingerprint density at radius 1 is 1.23 bits per heavy atom. The number of cyclic esters (lactones) is 1. The summed E-state index contributed by atoms with van der Waals surface area (Å²) in [5.74, 6) is -2.19. The van der Waals surface area contributed by atoms with Crippen LogP contribution >= 0.6 is 11.8 Å². The summed E-state index contributed by atoms with van der Waals surface area (Å²) < 4.78 is 21.9. The van der Waals surface area contributed by atoms with Crippen molar-refractivity contribution >= 4 is 35.3 Å². The van der Waals surface area contributed by atoms with Gasteiger partial charge < -0.3 is 26.0 Å². The number of ether oxygens (including phenoxy) is 1. The van der Waals surface area contributed by atoms with Crippen LogP contribution in [0.3, 0.4) is 0 Å². The van der Waals surface area contributed by atoms with Gasteiger partial charge in [-0.25, -0.2) is 9.07 Å². The number of nitrogens with one attached hydrogen (secondary N) is 1. The Bertz CT molecular complexity index is 1410. The van der Waals surface area contributed by atoms with E-state index in [9.17, 15) is 24.2 Å². The van der Waals surface area contributed by atoms with E-state index in [-0.39, 0.29) is 35.4 Å². The first kappa shape index (κ1) is 34.1. The number of nitrogen functional groups attached to an aromatic ring is 1. The van der Waals surface area contributed by atoms with Crippen LogP contribution in [0.4, 0.5) is 10.1 Å². The predicted molar refractivity (Wildman–Crippen MR) is 171 cm³/mol. The minimum absolute atomic E-state index is 0.0598. The Morgan fingerprint density at radius 2 is 1.93 bits per heavy atom. The van der Waals surface area contributed by atoms with Crippen molar-refractivity contribution < 1.29 is 28.9 Å². The van der Waals surface area contributed by atoms with Crippen molar-refractivity contribution in [3.63, 3.8) is 0 Å². The van der Waals surface area contributed by atoms with E-state index in [0.29, 0.717) is 17.8 Å². The van der Waals surface area contributed by atoms with E-state index in [1.165, 1.54) is 23.9 Å². The Labute approximate surface area is 263 Å². The fourth-order valence-electron chi connectivity index (χ4n) is 6.20. The number of hydrogen-bond acceptors (Lipinski definition) is 9. The number of hydrogen-bond donors (Lipinski definition) is 4. The van der Waals surface area contributed by atoms with Crippen molar-refractivity contribution in [1.29, 1.82) is 0 Å². The van der Waals surface area contributed by atoms with E-state index in [1.54, 1.807) is 31.5 Å². The zero-order valence-electron chi connectivity index (χ0n) is 26.8. The molecule has 3 heterocycles. The zero-order valence-corrected chi connectivity index (χ0v) is 27.6. The molecule has 0 unspecified atom stereocenters. The number of aliphatic hydroxyl groups excluding tert-OH is 2. The van der Waals surface area contributed by atoms with Crippen molar-refractivity contribution in [1.82, 2.24) is 15.1 Å². The molecule has 0 spiro atoms. The van der Waals surface area contributed by atoms with Crippen LogP contribution in [-0.4, -0.2) is 67.9 Å². The molecule has 1 aromatic carbocycles. The molecule has 2 aliphatic rings. The number of benzene rings is 1. The van der Waals surface area contributed by atoms with Crippen molar-refractivity contribution in [2.75, 3.05) is 12.0 Å². The number of nitrogens with zero attached hydrogens (tertiary/aromatic N) is 2. The van der Waals surface area contributed by atoms with Crippen molar-refractivity contribution in [3.05, 3.63) is 41.3 Å². The van der Waals surface area contributed by atoms with E-state index >= 15 is 0 Å². The predicted octanol–water partition coefficient (Wildman–Crippen LogP) is 4.91. The number of anilines is 1. The fraction of sp³-hybridized carbons (Fsp3) is 0.606. The third-order valence-electron chi connectivity index (χ3n) is 9.62. The zero-order chi connectivity index (χ0) is 32.6. The molecule has 0 bridgehead atoms. The van der Waals surface area contributed by atoms with Crippen LogP contribution in [0, 0.1) is 23.1 Å². The van der Waals surface area contributed by atoms with Crippen LogP contribution in [0.15, 0.2) is 34.9 Å². The number of thioether (sulfide) groups is 1. The van der Waals surface area contributed by atoms with Crippen LogP contribution in [0.25, 0.3) is 11.8 Å². The highest BCUT2D eigenvalue weighted by Gasteiger charge is 2.50. The second-order valence-corrected chi connectivity index (χ2v) is 14.2. The van der Waals surface area contributed by atoms with Gasteiger partial charge in [-0.1, -0.05) is 34.1 Å². The minimum atomic E-state index is -1.28. The molecular formula is C33H47FN4O5S. The highest BCUT2D eigenvalue weighted by Crippen LogP contribution is 2.38. The molecule has 4 rings (SSSR count). The van der Waals surface area contributed by atoms with E-state index in [4.69, 9.17) is 10.5 Å². The molecule has 0 radical (unpaired) electrons. The number of esters is 1. The number of carbonyl (C=O) groups excluding carboxylic acids is 2. The van der Waals surface area contributed by atoms with Gasteiger partial charge in [-0.15, -0.1) is 11.8 Å². The molecule has 2 aromatic rings. The summed E-state index contributed by atoms with van der Waals surface area (Å²) in [4.78, 5) is 26.6. The summed E-state index contributed by atoms with van der Waals surface area (Å²) >= 11 is 1.46. The molecule has 9 nitrogen and oxygen atoms in total. The fourth-order valence-corrected chi connectivity index (χ4v) is 6.76. The van der Waals surface area contributed by atoms with Gasteiger partial charge in [0.15, 0.2) is 0 Å². The first-order valence-corrected chi connectivity index (χ1v) is 16.5. The maximum absolute atomic E-state index is 14.2. The SMILES string of the molecule is CSc1cc(/C=C(\C)[C@@H]2C[C@@H]3N[C@]3(C)CCC[C@H](C)[C@H](O)[C@@H](C)C(=O)C(C)(C)[C@@H](O)CC(=O)O2)nn1-c1ccc(N)c(F)c1. The average molecular weight is 631 g/mol. The number of Topliss-reactive ketones (excluding diaryl/α,β-unsaturated/α-hetero) is 1. The molecule has 2 aliphatic heterocycles. The van der Waals surface area contributed by atoms with Crippen LogP contribution in [0.5, 0.6) is 0 Å². The summed E-state index contributed by atoms with van der Waals surface area (Å²) in [5.41, 5.74) is 6.25. The second kappa shape index (κ2) is 13.3. The number of rotatable bonds is 4. The van der Waals surface area contributed by atoms with Gasteiger partial charge in [-0.05, 0) is 68.7 Å². The van der Waals surface area contributed by atoms with Gasteiger partial charge in [-0.2, -0.15) is 5.10 Å². The topological polar surface area (TPSA) is 150 Å². The quantitative estimate of drug-likeness (QED) is 0.160. The van der Waals surface area contributed by atoms with E-state index in [0.717, 1.165) is 29.9 Å². The molecule has 5 N–H and O–H groups in total. The molecule has 7 atom stereocenters. The van der Waals surface area contributed by atoms with Gasteiger partial charge in [0.1, 0.15) is 22.7 Å². The van der Waals surface area contributed by atoms with Crippen LogP contribution < -0.4 is 11.1 Å². The molecule has 0 aliphatic carbocycles. The monoisotopic (exact) mass is 630 g/mol. The number of aromatic nitrogens is 2. The Kier molecular flexibility index (Phi) is 10.3. The molecule has 0 amide bonds. The highest BCUT2D eigenvalue weighted by molar-refractivity contribution is 7.98. The lowest BCUT2D eigenvalue weighted by Crippen LogP contribution is -2.45. The lowest BCUT2D eigenvalue weighted by Gasteiger charge is -2.34. The van der Waals surface area contributed by atoms with E-state index in [2.05, 4.69) is 17.3 Å². The first-order valence-electron chi connectivity index (χ1n) is 15.3. The smallest absolute Gasteiger partial charge is 0.309 e. The number of fused-ring (bicyclic) bond motifs is 1. The highest BCUT2D eigenvalue weighted by atomic mass is 32.2. The number of nitrogens with two attached hydrogens (primary N) is 1. The molecule has 2 fully saturated rings. The molecule has 1 aromatic heterocycles.